The second-order valence-corrected chi connectivity index (χ2v) is 7.23. The number of carbonyl (C=O) groups excluding carboxylic acids is 1. The Bertz CT molecular complexity index is 949. The Hall–Kier alpha value is -2.97. The summed E-state index contributed by atoms with van der Waals surface area (Å²) in [6.45, 7) is 0. The van der Waals surface area contributed by atoms with Crippen LogP contribution in [0.15, 0.2) is 103 Å². The van der Waals surface area contributed by atoms with E-state index in [0.717, 1.165) is 26.4 Å². The highest BCUT2D eigenvalue weighted by Crippen LogP contribution is 2.34. The molecule has 0 saturated heterocycles. The lowest BCUT2D eigenvalue weighted by Crippen LogP contribution is -2.13. The van der Waals surface area contributed by atoms with Crippen molar-refractivity contribution < 1.29 is 4.79 Å². The Morgan fingerprint density at radius 2 is 1.12 bits per heavy atom. The van der Waals surface area contributed by atoms with E-state index in [2.05, 4.69) is 12.1 Å². The van der Waals surface area contributed by atoms with Gasteiger partial charge in [-0.3, -0.25) is 4.79 Å². The Labute approximate surface area is 157 Å². The fourth-order valence-corrected chi connectivity index (χ4v) is 4.14. The summed E-state index contributed by atoms with van der Waals surface area (Å²) in [5.74, 6) is -0.130. The quantitative estimate of drug-likeness (QED) is 0.377. The fraction of sp³-hybridized carbons (Fsp3) is 0.0417. The minimum Gasteiger partial charge on any atom is -0.292 e. The van der Waals surface area contributed by atoms with Crippen molar-refractivity contribution in [2.24, 2.45) is 0 Å². The lowest BCUT2D eigenvalue weighted by Gasteiger charge is -2.16. The standard InChI is InChI=1S/C24H18OS/c25-24(22-17-16-21(26-22)18-10-4-1-5-11-18)23(19-12-6-2-7-13-19)20-14-8-3-9-15-20/h1-17,23H. The fourth-order valence-electron chi connectivity index (χ4n) is 3.16. The van der Waals surface area contributed by atoms with E-state index in [1.165, 1.54) is 0 Å². The molecule has 1 aromatic heterocycles. The Kier molecular flexibility index (Phi) is 4.76. The molecule has 0 aliphatic rings. The smallest absolute Gasteiger partial charge is 0.184 e. The summed E-state index contributed by atoms with van der Waals surface area (Å²) in [7, 11) is 0. The van der Waals surface area contributed by atoms with Crippen LogP contribution in [0, 0.1) is 0 Å². The minimum absolute atomic E-state index is 0.148. The van der Waals surface area contributed by atoms with Crippen molar-refractivity contribution >= 4 is 17.1 Å². The van der Waals surface area contributed by atoms with Crippen molar-refractivity contribution in [3.63, 3.8) is 0 Å². The van der Waals surface area contributed by atoms with Gasteiger partial charge in [0.05, 0.1) is 10.8 Å². The van der Waals surface area contributed by atoms with E-state index in [-0.39, 0.29) is 11.7 Å². The lowest BCUT2D eigenvalue weighted by molar-refractivity contribution is 0.0978. The number of ketones is 1. The van der Waals surface area contributed by atoms with Crippen molar-refractivity contribution in [3.05, 3.63) is 119 Å². The average Bonchev–Trinajstić information content (AvgIpc) is 3.21. The van der Waals surface area contributed by atoms with Gasteiger partial charge in [0.1, 0.15) is 0 Å². The van der Waals surface area contributed by atoms with Crippen LogP contribution in [0.25, 0.3) is 10.4 Å². The van der Waals surface area contributed by atoms with Crippen LogP contribution in [0.3, 0.4) is 0 Å². The third-order valence-electron chi connectivity index (χ3n) is 4.44. The Balaban J connectivity index is 1.73. The number of carbonyl (C=O) groups is 1. The molecular formula is C24H18OS. The maximum absolute atomic E-state index is 13.4. The van der Waals surface area contributed by atoms with Gasteiger partial charge in [-0.1, -0.05) is 91.0 Å². The third-order valence-corrected chi connectivity index (χ3v) is 5.58. The molecule has 0 unspecified atom stereocenters. The molecule has 126 valence electrons. The van der Waals surface area contributed by atoms with Crippen molar-refractivity contribution in [3.8, 4) is 10.4 Å². The van der Waals surface area contributed by atoms with Gasteiger partial charge in [-0.15, -0.1) is 11.3 Å². The van der Waals surface area contributed by atoms with Gasteiger partial charge in [-0.05, 0) is 28.8 Å². The van der Waals surface area contributed by atoms with Gasteiger partial charge in [-0.25, -0.2) is 0 Å². The van der Waals surface area contributed by atoms with Crippen molar-refractivity contribution in [1.82, 2.24) is 0 Å². The first-order valence-corrected chi connectivity index (χ1v) is 9.44. The molecule has 0 fully saturated rings. The molecule has 1 heterocycles. The van der Waals surface area contributed by atoms with E-state index in [1.807, 2.05) is 91.0 Å². The molecule has 1 nitrogen and oxygen atoms in total. The van der Waals surface area contributed by atoms with E-state index >= 15 is 0 Å². The Morgan fingerprint density at radius 3 is 1.65 bits per heavy atom. The van der Waals surface area contributed by atoms with Crippen molar-refractivity contribution in [2.45, 2.75) is 5.92 Å². The molecule has 0 radical (unpaired) electrons. The zero-order valence-corrected chi connectivity index (χ0v) is 15.0. The molecule has 0 spiro atoms. The first-order chi connectivity index (χ1) is 12.8. The van der Waals surface area contributed by atoms with E-state index < -0.39 is 0 Å². The highest BCUT2D eigenvalue weighted by molar-refractivity contribution is 7.17. The molecular weight excluding hydrogens is 336 g/mol. The second kappa shape index (κ2) is 7.51. The highest BCUT2D eigenvalue weighted by atomic mass is 32.1. The van der Waals surface area contributed by atoms with Crippen LogP contribution in [0.4, 0.5) is 0 Å². The predicted molar refractivity (Wildman–Crippen MR) is 109 cm³/mol. The minimum atomic E-state index is -0.278. The summed E-state index contributed by atoms with van der Waals surface area (Å²) in [5.41, 5.74) is 3.20. The molecule has 3 aromatic carbocycles. The summed E-state index contributed by atoms with van der Waals surface area (Å²) >= 11 is 1.56. The predicted octanol–water partition coefficient (Wildman–Crippen LogP) is 6.43. The molecule has 4 rings (SSSR count). The zero-order valence-electron chi connectivity index (χ0n) is 14.2. The first kappa shape index (κ1) is 16.5. The van der Waals surface area contributed by atoms with Crippen LogP contribution in [0.1, 0.15) is 26.7 Å². The molecule has 2 heteroatoms. The number of Topliss-reactive ketones (excluding diaryl/α,β-unsaturated/α-hetero) is 1. The number of rotatable bonds is 5. The lowest BCUT2D eigenvalue weighted by atomic mass is 9.87. The highest BCUT2D eigenvalue weighted by Gasteiger charge is 2.25. The first-order valence-electron chi connectivity index (χ1n) is 8.62. The number of benzene rings is 3. The maximum Gasteiger partial charge on any atom is 0.184 e. The molecule has 0 N–H and O–H groups in total. The van der Waals surface area contributed by atoms with Gasteiger partial charge in [-0.2, -0.15) is 0 Å². The average molecular weight is 354 g/mol. The van der Waals surface area contributed by atoms with Gasteiger partial charge in [0, 0.05) is 4.88 Å². The zero-order chi connectivity index (χ0) is 17.8. The van der Waals surface area contributed by atoms with E-state index in [1.54, 1.807) is 11.3 Å². The topological polar surface area (TPSA) is 17.1 Å². The number of hydrogen-bond acceptors (Lipinski definition) is 2. The SMILES string of the molecule is O=C(c1ccc(-c2ccccc2)s1)C(c1ccccc1)c1ccccc1. The molecule has 0 aliphatic heterocycles. The normalized spacial score (nSPS) is 10.8. The van der Waals surface area contributed by atoms with Crippen LogP contribution in [0.2, 0.25) is 0 Å². The number of thiophene rings is 1. The molecule has 0 aliphatic carbocycles. The monoisotopic (exact) mass is 354 g/mol. The molecule has 4 aromatic rings. The van der Waals surface area contributed by atoms with E-state index in [0.29, 0.717) is 0 Å². The van der Waals surface area contributed by atoms with Gasteiger partial charge in [0.25, 0.3) is 0 Å². The Morgan fingerprint density at radius 1 is 0.615 bits per heavy atom. The van der Waals surface area contributed by atoms with Crippen LogP contribution in [0.5, 0.6) is 0 Å². The van der Waals surface area contributed by atoms with E-state index in [9.17, 15) is 4.79 Å². The number of hydrogen-bond donors (Lipinski definition) is 0. The van der Waals surface area contributed by atoms with Gasteiger partial charge in [0.15, 0.2) is 5.78 Å². The van der Waals surface area contributed by atoms with E-state index in [4.69, 9.17) is 0 Å². The summed E-state index contributed by atoms with van der Waals surface area (Å²) in [4.78, 5) is 15.3. The molecule has 0 saturated carbocycles. The van der Waals surface area contributed by atoms with Crippen molar-refractivity contribution in [2.75, 3.05) is 0 Å². The molecule has 0 amide bonds. The van der Waals surface area contributed by atoms with Gasteiger partial charge < -0.3 is 0 Å². The largest absolute Gasteiger partial charge is 0.292 e. The van der Waals surface area contributed by atoms with Gasteiger partial charge >= 0.3 is 0 Å². The summed E-state index contributed by atoms with van der Waals surface area (Å²) in [6.07, 6.45) is 0. The third kappa shape index (κ3) is 3.37. The van der Waals surface area contributed by atoms with Crippen LogP contribution in [-0.2, 0) is 0 Å². The summed E-state index contributed by atoms with van der Waals surface area (Å²) in [5, 5.41) is 0. The van der Waals surface area contributed by atoms with Crippen LogP contribution >= 0.6 is 11.3 Å². The molecule has 0 atom stereocenters. The molecule has 0 bridgehead atoms. The van der Waals surface area contributed by atoms with Crippen LogP contribution in [-0.4, -0.2) is 5.78 Å². The summed E-state index contributed by atoms with van der Waals surface area (Å²) in [6, 6.07) is 34.2. The second-order valence-electron chi connectivity index (χ2n) is 6.15. The summed E-state index contributed by atoms with van der Waals surface area (Å²) < 4.78 is 0. The van der Waals surface area contributed by atoms with Gasteiger partial charge in [0.2, 0.25) is 0 Å². The maximum atomic E-state index is 13.4. The van der Waals surface area contributed by atoms with Crippen molar-refractivity contribution in [1.29, 1.82) is 0 Å². The molecule has 26 heavy (non-hydrogen) atoms. The van der Waals surface area contributed by atoms with Crippen LogP contribution < -0.4 is 0 Å².